The van der Waals surface area contributed by atoms with Gasteiger partial charge in [-0.05, 0) is 18.2 Å². The van der Waals surface area contributed by atoms with Gasteiger partial charge in [0.15, 0.2) is 5.71 Å². The van der Waals surface area contributed by atoms with Gasteiger partial charge in [0.25, 0.3) is 5.91 Å². The maximum Gasteiger partial charge on any atom is 0.355 e. The van der Waals surface area contributed by atoms with E-state index >= 15 is 0 Å². The molecule has 1 saturated heterocycles. The summed E-state index contributed by atoms with van der Waals surface area (Å²) in [5, 5.41) is 3.55. The minimum Gasteiger partial charge on any atom is -0.464 e. The molecule has 0 aromatic heterocycles. The molecule has 0 unspecified atom stereocenters. The van der Waals surface area contributed by atoms with Gasteiger partial charge in [-0.25, -0.2) is 14.1 Å². The molecule has 0 radical (unpaired) electrons. The van der Waals surface area contributed by atoms with E-state index in [1.54, 1.807) is 0 Å². The topological polar surface area (TPSA) is 88.1 Å². The van der Waals surface area contributed by atoms with Crippen LogP contribution in [0.1, 0.15) is 0 Å². The van der Waals surface area contributed by atoms with E-state index in [-0.39, 0.29) is 16.4 Å². The molecule has 1 N–H and O–H groups in total. The number of rotatable bonds is 2. The molecule has 1 aromatic carbocycles. The van der Waals surface area contributed by atoms with Crippen molar-refractivity contribution in [1.29, 1.82) is 0 Å². The smallest absolute Gasteiger partial charge is 0.355 e. The Morgan fingerprint density at radius 2 is 2.14 bits per heavy atom. The molecule has 22 heavy (non-hydrogen) atoms. The summed E-state index contributed by atoms with van der Waals surface area (Å²) in [4.78, 5) is 37.2. The Morgan fingerprint density at radius 3 is 2.77 bits per heavy atom. The molecule has 114 valence electrons. The second kappa shape index (κ2) is 5.06. The van der Waals surface area contributed by atoms with E-state index in [1.165, 1.54) is 12.1 Å². The van der Waals surface area contributed by atoms with E-state index in [0.29, 0.717) is 0 Å². The highest BCUT2D eigenvalue weighted by Crippen LogP contribution is 2.32. The van der Waals surface area contributed by atoms with Gasteiger partial charge in [0.1, 0.15) is 17.8 Å². The minimum absolute atomic E-state index is 0.0392. The van der Waals surface area contributed by atoms with E-state index in [2.05, 4.69) is 15.3 Å². The maximum absolute atomic E-state index is 13.5. The zero-order valence-corrected chi connectivity index (χ0v) is 11.9. The Labute approximate surface area is 128 Å². The molecule has 0 spiro atoms. The van der Waals surface area contributed by atoms with Crippen LogP contribution in [0.5, 0.6) is 0 Å². The molecule has 2 heterocycles. The number of hydrogen-bond acceptors (Lipinski definition) is 6. The van der Waals surface area contributed by atoms with E-state index < -0.39 is 35.6 Å². The van der Waals surface area contributed by atoms with Crippen LogP contribution in [0.3, 0.4) is 0 Å². The van der Waals surface area contributed by atoms with Crippen molar-refractivity contribution in [3.05, 3.63) is 29.0 Å². The molecule has 3 rings (SSSR count). The third kappa shape index (κ3) is 1.95. The molecular weight excluding hydrogens is 317 g/mol. The number of carbonyl (C=O) groups is 3. The number of benzene rings is 1. The predicted octanol–water partition coefficient (Wildman–Crippen LogP) is 0.469. The van der Waals surface area contributed by atoms with Crippen LogP contribution in [0.15, 0.2) is 23.3 Å². The summed E-state index contributed by atoms with van der Waals surface area (Å²) in [6, 6.07) is 2.56. The number of imide groups is 1. The van der Waals surface area contributed by atoms with Crippen molar-refractivity contribution in [2.45, 2.75) is 6.04 Å². The summed E-state index contributed by atoms with van der Waals surface area (Å²) in [6.07, 6.45) is 0. The molecule has 2 atom stereocenters. The third-order valence-corrected chi connectivity index (χ3v) is 3.79. The number of esters is 1. The molecule has 2 aliphatic heterocycles. The number of carbonyl (C=O) groups excluding carboxylic acids is 3. The molecule has 9 heteroatoms. The van der Waals surface area contributed by atoms with Crippen LogP contribution in [-0.2, 0) is 19.1 Å². The molecule has 0 saturated carbocycles. The number of fused-ring (bicyclic) bond motifs is 1. The van der Waals surface area contributed by atoms with Crippen molar-refractivity contribution in [3.63, 3.8) is 0 Å². The first-order valence-electron chi connectivity index (χ1n) is 6.20. The molecule has 0 aliphatic carbocycles. The molecule has 2 amide bonds. The van der Waals surface area contributed by atoms with Crippen molar-refractivity contribution >= 4 is 40.8 Å². The Kier molecular flexibility index (Phi) is 3.32. The van der Waals surface area contributed by atoms with Crippen LogP contribution >= 0.6 is 11.6 Å². The highest BCUT2D eigenvalue weighted by atomic mass is 35.5. The van der Waals surface area contributed by atoms with Crippen LogP contribution in [-0.4, -0.2) is 36.6 Å². The molecule has 1 fully saturated rings. The predicted molar refractivity (Wildman–Crippen MR) is 73.8 cm³/mol. The first-order chi connectivity index (χ1) is 10.5. The fraction of sp³-hybridized carbons (Fsp3) is 0.231. The second-order valence-corrected chi connectivity index (χ2v) is 5.09. The minimum atomic E-state index is -1.08. The van der Waals surface area contributed by atoms with Crippen molar-refractivity contribution in [2.24, 2.45) is 11.0 Å². The van der Waals surface area contributed by atoms with Gasteiger partial charge in [-0.1, -0.05) is 11.6 Å². The number of halogens is 2. The highest BCUT2D eigenvalue weighted by molar-refractivity contribution is 6.46. The fourth-order valence-corrected chi connectivity index (χ4v) is 2.56. The maximum atomic E-state index is 13.5. The number of methoxy groups -OCH3 is 1. The van der Waals surface area contributed by atoms with E-state index in [4.69, 9.17) is 11.6 Å². The van der Waals surface area contributed by atoms with Gasteiger partial charge in [0, 0.05) is 0 Å². The van der Waals surface area contributed by atoms with Crippen LogP contribution in [0.2, 0.25) is 5.02 Å². The normalized spacial score (nSPS) is 23.2. The number of hydrogen-bond donors (Lipinski definition) is 1. The van der Waals surface area contributed by atoms with E-state index in [9.17, 15) is 18.8 Å². The monoisotopic (exact) mass is 325 g/mol. The Hall–Kier alpha value is -2.48. The molecule has 1 aromatic rings. The van der Waals surface area contributed by atoms with Crippen molar-refractivity contribution in [3.8, 4) is 0 Å². The van der Waals surface area contributed by atoms with Gasteiger partial charge in [0.2, 0.25) is 5.91 Å². The number of nitrogens with zero attached hydrogens (tertiary/aromatic N) is 2. The number of nitrogens with one attached hydrogen (secondary N) is 1. The second-order valence-electron chi connectivity index (χ2n) is 4.68. The molecule has 2 aliphatic rings. The summed E-state index contributed by atoms with van der Waals surface area (Å²) < 4.78 is 18.1. The van der Waals surface area contributed by atoms with Crippen LogP contribution in [0.4, 0.5) is 10.1 Å². The van der Waals surface area contributed by atoms with Crippen LogP contribution < -0.4 is 10.3 Å². The van der Waals surface area contributed by atoms with Crippen molar-refractivity contribution in [2.75, 3.05) is 12.0 Å². The first-order valence-corrected chi connectivity index (χ1v) is 6.57. The Morgan fingerprint density at radius 1 is 1.41 bits per heavy atom. The third-order valence-electron chi connectivity index (χ3n) is 3.48. The fourth-order valence-electron chi connectivity index (χ4n) is 2.44. The lowest BCUT2D eigenvalue weighted by atomic mass is 9.99. The number of anilines is 1. The molecule has 0 bridgehead atoms. The Balaban J connectivity index is 1.98. The zero-order valence-electron chi connectivity index (χ0n) is 11.2. The van der Waals surface area contributed by atoms with Crippen LogP contribution in [0.25, 0.3) is 0 Å². The lowest BCUT2D eigenvalue weighted by molar-refractivity contribution is -0.133. The van der Waals surface area contributed by atoms with Crippen LogP contribution in [0, 0.1) is 11.7 Å². The zero-order chi connectivity index (χ0) is 16.0. The van der Waals surface area contributed by atoms with Gasteiger partial charge >= 0.3 is 5.97 Å². The van der Waals surface area contributed by atoms with Gasteiger partial charge in [-0.3, -0.25) is 15.0 Å². The van der Waals surface area contributed by atoms with E-state index in [1.807, 2.05) is 0 Å². The van der Waals surface area contributed by atoms with Crippen molar-refractivity contribution < 1.29 is 23.5 Å². The summed E-state index contributed by atoms with van der Waals surface area (Å²) in [5.74, 6) is -3.94. The number of amides is 2. The van der Waals surface area contributed by atoms with Gasteiger partial charge in [0.05, 0.1) is 17.8 Å². The molecular formula is C13H9ClFN3O4. The number of hydrazone groups is 1. The lowest BCUT2D eigenvalue weighted by Gasteiger charge is -2.15. The summed E-state index contributed by atoms with van der Waals surface area (Å²) >= 11 is 5.58. The SMILES string of the molecule is COC(=O)C1=NN[C@@H]2C(=O)N(c3ccc(Cl)c(F)c3)C(=O)[C@@H]12. The average molecular weight is 326 g/mol. The van der Waals surface area contributed by atoms with E-state index in [0.717, 1.165) is 18.1 Å². The quantitative estimate of drug-likeness (QED) is 0.631. The summed E-state index contributed by atoms with van der Waals surface area (Å²) in [5.41, 5.74) is 2.31. The van der Waals surface area contributed by atoms with Gasteiger partial charge in [-0.2, -0.15) is 5.10 Å². The van der Waals surface area contributed by atoms with Gasteiger partial charge in [-0.15, -0.1) is 0 Å². The lowest BCUT2D eigenvalue weighted by Crippen LogP contribution is -2.36. The van der Waals surface area contributed by atoms with Gasteiger partial charge < -0.3 is 4.74 Å². The summed E-state index contributed by atoms with van der Waals surface area (Å²) in [6.45, 7) is 0. The Bertz CT molecular complexity index is 736. The standard InChI is InChI=1S/C13H9ClFN3O4/c1-22-13(21)10-8-9(16-17-10)12(20)18(11(8)19)5-2-3-6(14)7(15)4-5/h2-4,8-9,16H,1H3/t8-,9+/m1/s1. The highest BCUT2D eigenvalue weighted by Gasteiger charge is 2.55. The van der Waals surface area contributed by atoms with Crippen molar-refractivity contribution in [1.82, 2.24) is 5.43 Å². The number of ether oxygens (including phenoxy) is 1. The average Bonchev–Trinajstić information content (AvgIpc) is 3.03. The molecule has 7 nitrogen and oxygen atoms in total. The largest absolute Gasteiger partial charge is 0.464 e. The summed E-state index contributed by atoms with van der Waals surface area (Å²) in [7, 11) is 1.14. The first kappa shape index (κ1) is 14.5.